The fourth-order valence-corrected chi connectivity index (χ4v) is 2.36. The van der Waals surface area contributed by atoms with Gasteiger partial charge in [0, 0.05) is 4.90 Å². The van der Waals surface area contributed by atoms with Crippen LogP contribution in [0.25, 0.3) is 0 Å². The summed E-state index contributed by atoms with van der Waals surface area (Å²) in [7, 11) is 0. The van der Waals surface area contributed by atoms with E-state index in [1.807, 2.05) is 17.8 Å². The van der Waals surface area contributed by atoms with Crippen LogP contribution < -0.4 is 5.32 Å². The highest BCUT2D eigenvalue weighted by molar-refractivity contribution is 8.02. The monoisotopic (exact) mass is 195 g/mol. The number of thioether (sulfide) groups is 1. The molecule has 2 rings (SSSR count). The highest BCUT2D eigenvalue weighted by Crippen LogP contribution is 2.35. The van der Waals surface area contributed by atoms with Gasteiger partial charge in [-0.2, -0.15) is 0 Å². The summed E-state index contributed by atoms with van der Waals surface area (Å²) in [5, 5.41) is 3.62. The van der Waals surface area contributed by atoms with Gasteiger partial charge in [-0.25, -0.2) is 0 Å². The van der Waals surface area contributed by atoms with E-state index in [0.717, 1.165) is 10.7 Å². The SMILES string of the molecule is CC1Sc2ccccc2NC1=S. The van der Waals surface area contributed by atoms with Crippen molar-refractivity contribution >= 4 is 34.7 Å². The summed E-state index contributed by atoms with van der Waals surface area (Å²) in [5.74, 6) is 0. The molecule has 1 nitrogen and oxygen atoms in total. The van der Waals surface area contributed by atoms with Crippen molar-refractivity contribution in [2.75, 3.05) is 5.32 Å². The number of fused-ring (bicyclic) bond motifs is 1. The predicted molar refractivity (Wildman–Crippen MR) is 58.0 cm³/mol. The van der Waals surface area contributed by atoms with E-state index in [2.05, 4.69) is 30.4 Å². The molecular formula is C9H9NS2. The molecule has 0 saturated carbocycles. The third-order valence-corrected chi connectivity index (χ3v) is 3.62. The highest BCUT2D eigenvalue weighted by atomic mass is 32.2. The molecule has 0 saturated heterocycles. The summed E-state index contributed by atoms with van der Waals surface area (Å²) in [5.41, 5.74) is 1.14. The Kier molecular flexibility index (Phi) is 2.07. The molecule has 1 N–H and O–H groups in total. The number of para-hydroxylation sites is 1. The van der Waals surface area contributed by atoms with Gasteiger partial charge in [-0.1, -0.05) is 24.4 Å². The number of hydrogen-bond donors (Lipinski definition) is 1. The average molecular weight is 195 g/mol. The van der Waals surface area contributed by atoms with Gasteiger partial charge in [-0.3, -0.25) is 0 Å². The van der Waals surface area contributed by atoms with Crippen LogP contribution >= 0.6 is 24.0 Å². The molecule has 1 heterocycles. The molecule has 1 unspecified atom stereocenters. The molecule has 62 valence electrons. The molecule has 1 aromatic carbocycles. The van der Waals surface area contributed by atoms with Crippen molar-refractivity contribution in [3.8, 4) is 0 Å². The number of benzene rings is 1. The van der Waals surface area contributed by atoms with Crippen molar-refractivity contribution in [3.63, 3.8) is 0 Å². The molecule has 0 aromatic heterocycles. The fraction of sp³-hybridized carbons (Fsp3) is 0.222. The molecule has 0 bridgehead atoms. The van der Waals surface area contributed by atoms with Gasteiger partial charge in [0.25, 0.3) is 0 Å². The van der Waals surface area contributed by atoms with Crippen molar-refractivity contribution in [2.24, 2.45) is 0 Å². The highest BCUT2D eigenvalue weighted by Gasteiger charge is 2.18. The van der Waals surface area contributed by atoms with Crippen LogP contribution in [0, 0.1) is 0 Å². The molecule has 3 heteroatoms. The van der Waals surface area contributed by atoms with Crippen LogP contribution in [-0.2, 0) is 0 Å². The minimum atomic E-state index is 0.398. The second-order valence-electron chi connectivity index (χ2n) is 2.75. The van der Waals surface area contributed by atoms with Crippen molar-refractivity contribution in [3.05, 3.63) is 24.3 Å². The van der Waals surface area contributed by atoms with Crippen molar-refractivity contribution < 1.29 is 0 Å². The van der Waals surface area contributed by atoms with E-state index in [1.165, 1.54) is 4.90 Å². The largest absolute Gasteiger partial charge is 0.348 e. The Labute approximate surface area is 81.6 Å². The van der Waals surface area contributed by atoms with Crippen molar-refractivity contribution in [1.82, 2.24) is 0 Å². The number of hydrogen-bond acceptors (Lipinski definition) is 2. The normalized spacial score (nSPS) is 21.4. The molecule has 1 aliphatic heterocycles. The van der Waals surface area contributed by atoms with E-state index in [9.17, 15) is 0 Å². The summed E-state index contributed by atoms with van der Waals surface area (Å²) in [4.78, 5) is 2.22. The smallest absolute Gasteiger partial charge is 0.0930 e. The van der Waals surface area contributed by atoms with Gasteiger partial charge < -0.3 is 5.32 Å². The standard InChI is InChI=1S/C9H9NS2/c1-6-9(11)10-7-4-2-3-5-8(7)12-6/h2-6H,1H3,(H,10,11). The van der Waals surface area contributed by atoms with Crippen molar-refractivity contribution in [1.29, 1.82) is 0 Å². The lowest BCUT2D eigenvalue weighted by atomic mass is 10.3. The molecule has 0 amide bonds. The first-order valence-electron chi connectivity index (χ1n) is 3.84. The van der Waals surface area contributed by atoms with Gasteiger partial charge in [-0.05, 0) is 19.1 Å². The molecule has 0 radical (unpaired) electrons. The topological polar surface area (TPSA) is 12.0 Å². The third-order valence-electron chi connectivity index (χ3n) is 1.82. The number of anilines is 1. The van der Waals surface area contributed by atoms with E-state index < -0.39 is 0 Å². The van der Waals surface area contributed by atoms with Gasteiger partial charge in [0.1, 0.15) is 0 Å². The molecule has 1 aliphatic rings. The van der Waals surface area contributed by atoms with Crippen LogP contribution in [0.5, 0.6) is 0 Å². The van der Waals surface area contributed by atoms with Crippen LogP contribution in [0.3, 0.4) is 0 Å². The molecule has 0 spiro atoms. The van der Waals surface area contributed by atoms with Crippen LogP contribution in [0.1, 0.15) is 6.92 Å². The second-order valence-corrected chi connectivity index (χ2v) is 4.57. The minimum Gasteiger partial charge on any atom is -0.348 e. The maximum Gasteiger partial charge on any atom is 0.0930 e. The lowest BCUT2D eigenvalue weighted by Crippen LogP contribution is -2.24. The molecule has 0 aliphatic carbocycles. The summed E-state index contributed by atoms with van der Waals surface area (Å²) in [6.45, 7) is 2.12. The third kappa shape index (κ3) is 1.34. The molecular weight excluding hydrogens is 186 g/mol. The van der Waals surface area contributed by atoms with Gasteiger partial charge in [0.15, 0.2) is 0 Å². The van der Waals surface area contributed by atoms with E-state index in [0.29, 0.717) is 5.25 Å². The molecule has 1 aromatic rings. The maximum atomic E-state index is 5.17. The summed E-state index contributed by atoms with van der Waals surface area (Å²) < 4.78 is 0. The number of rotatable bonds is 0. The summed E-state index contributed by atoms with van der Waals surface area (Å²) in [6, 6.07) is 8.24. The Morgan fingerprint density at radius 2 is 2.17 bits per heavy atom. The Bertz CT molecular complexity index is 322. The summed E-state index contributed by atoms with van der Waals surface area (Å²) >= 11 is 6.99. The van der Waals surface area contributed by atoms with E-state index in [4.69, 9.17) is 12.2 Å². The van der Waals surface area contributed by atoms with E-state index in [-0.39, 0.29) is 0 Å². The fourth-order valence-electron chi connectivity index (χ4n) is 1.15. The zero-order valence-electron chi connectivity index (χ0n) is 6.70. The molecule has 12 heavy (non-hydrogen) atoms. The quantitative estimate of drug-likeness (QED) is 0.639. The maximum absolute atomic E-state index is 5.17. The van der Waals surface area contributed by atoms with Crippen LogP contribution in [0.2, 0.25) is 0 Å². The second kappa shape index (κ2) is 3.07. The number of nitrogens with one attached hydrogen (secondary N) is 1. The zero-order chi connectivity index (χ0) is 8.55. The average Bonchev–Trinajstić information content (AvgIpc) is 2.07. The zero-order valence-corrected chi connectivity index (χ0v) is 8.34. The van der Waals surface area contributed by atoms with Gasteiger partial charge in [0.2, 0.25) is 0 Å². The van der Waals surface area contributed by atoms with Gasteiger partial charge in [0.05, 0.1) is 15.9 Å². The lowest BCUT2D eigenvalue weighted by Gasteiger charge is -2.23. The Balaban J connectivity index is 2.40. The van der Waals surface area contributed by atoms with Crippen LogP contribution in [0.4, 0.5) is 5.69 Å². The molecule has 0 fully saturated rings. The first-order chi connectivity index (χ1) is 5.77. The van der Waals surface area contributed by atoms with Crippen molar-refractivity contribution in [2.45, 2.75) is 17.1 Å². The van der Waals surface area contributed by atoms with Gasteiger partial charge >= 0.3 is 0 Å². The Morgan fingerprint density at radius 1 is 1.42 bits per heavy atom. The Morgan fingerprint density at radius 3 is 3.00 bits per heavy atom. The summed E-state index contributed by atoms with van der Waals surface area (Å²) in [6.07, 6.45) is 0. The Hall–Kier alpha value is -0.540. The molecule has 1 atom stereocenters. The van der Waals surface area contributed by atoms with Gasteiger partial charge in [-0.15, -0.1) is 11.8 Å². The van der Waals surface area contributed by atoms with Crippen LogP contribution in [0.15, 0.2) is 29.2 Å². The predicted octanol–water partition coefficient (Wildman–Crippen LogP) is 2.92. The number of thiocarbonyl (C=S) groups is 1. The van der Waals surface area contributed by atoms with Crippen LogP contribution in [-0.4, -0.2) is 10.2 Å². The lowest BCUT2D eigenvalue weighted by molar-refractivity contribution is 1.27. The minimum absolute atomic E-state index is 0.398. The van der Waals surface area contributed by atoms with E-state index >= 15 is 0 Å². The first-order valence-corrected chi connectivity index (χ1v) is 5.13. The van der Waals surface area contributed by atoms with E-state index in [1.54, 1.807) is 0 Å². The first kappa shape index (κ1) is 8.08.